The van der Waals surface area contributed by atoms with Gasteiger partial charge in [0.15, 0.2) is 0 Å². The van der Waals surface area contributed by atoms with Gasteiger partial charge >= 0.3 is 0 Å². The van der Waals surface area contributed by atoms with Gasteiger partial charge in [0.2, 0.25) is 0 Å². The first-order chi connectivity index (χ1) is 3.35. The van der Waals surface area contributed by atoms with Gasteiger partial charge in [0.05, 0.1) is 0 Å². The molecular formula is C5H11NS. The molecule has 0 fully saturated rings. The number of hydrogen-bond donors (Lipinski definition) is 2. The Kier molecular flexibility index (Phi) is 4.00. The fourth-order valence-corrected chi connectivity index (χ4v) is 0.644. The molecule has 0 aliphatic carbocycles. The average Bonchev–Trinajstić information content (AvgIpc) is 1.72. The summed E-state index contributed by atoms with van der Waals surface area (Å²) < 4.78 is 0. The summed E-state index contributed by atoms with van der Waals surface area (Å²) in [4.78, 5) is 0. The molecule has 0 saturated heterocycles. The van der Waals surface area contributed by atoms with Crippen molar-refractivity contribution in [1.29, 1.82) is 0 Å². The summed E-state index contributed by atoms with van der Waals surface area (Å²) in [5, 5.41) is 4.76. The summed E-state index contributed by atoms with van der Waals surface area (Å²) in [5.41, 5.74) is 1.17. The van der Waals surface area contributed by atoms with Crippen LogP contribution in [-0.2, 0) is 0 Å². The minimum absolute atomic E-state index is 1.03. The Morgan fingerprint density at radius 2 is 2.43 bits per heavy atom. The quantitative estimate of drug-likeness (QED) is 0.521. The Labute approximate surface area is 50.2 Å². The lowest BCUT2D eigenvalue weighted by atomic mass is 10.4. The van der Waals surface area contributed by atoms with Crippen LogP contribution in [0, 0.1) is 0 Å². The van der Waals surface area contributed by atoms with Crippen LogP contribution in [-0.4, -0.2) is 7.05 Å². The topological polar surface area (TPSA) is 12.0 Å². The van der Waals surface area contributed by atoms with Crippen molar-refractivity contribution in [2.24, 2.45) is 0 Å². The van der Waals surface area contributed by atoms with Crippen molar-refractivity contribution in [3.8, 4) is 0 Å². The summed E-state index contributed by atoms with van der Waals surface area (Å²) in [6.07, 6.45) is 1.03. The van der Waals surface area contributed by atoms with E-state index in [9.17, 15) is 0 Å². The summed E-state index contributed by atoms with van der Waals surface area (Å²) in [6, 6.07) is 0. The van der Waals surface area contributed by atoms with Crippen molar-refractivity contribution in [3.63, 3.8) is 0 Å². The molecule has 1 N–H and O–H groups in total. The van der Waals surface area contributed by atoms with Gasteiger partial charge in [0.25, 0.3) is 0 Å². The first kappa shape index (κ1) is 6.89. The minimum Gasteiger partial charge on any atom is -0.391 e. The van der Waals surface area contributed by atoms with Crippen LogP contribution in [0.3, 0.4) is 0 Å². The first-order valence-corrected chi connectivity index (χ1v) is 2.87. The fourth-order valence-electron chi connectivity index (χ4n) is 0.333. The van der Waals surface area contributed by atoms with Crippen molar-refractivity contribution in [1.82, 2.24) is 5.32 Å². The highest BCUT2D eigenvalue weighted by Crippen LogP contribution is 1.93. The molecule has 0 aliphatic rings. The monoisotopic (exact) mass is 117 g/mol. The van der Waals surface area contributed by atoms with Gasteiger partial charge in [0, 0.05) is 12.7 Å². The van der Waals surface area contributed by atoms with Crippen LogP contribution in [0.1, 0.15) is 13.3 Å². The number of rotatable bonds is 2. The number of thiol groups is 1. The van der Waals surface area contributed by atoms with Gasteiger partial charge in [-0.25, -0.2) is 0 Å². The van der Waals surface area contributed by atoms with E-state index < -0.39 is 0 Å². The lowest BCUT2D eigenvalue weighted by Crippen LogP contribution is -2.02. The maximum absolute atomic E-state index is 3.95. The predicted molar refractivity (Wildman–Crippen MR) is 36.4 cm³/mol. The van der Waals surface area contributed by atoms with Gasteiger partial charge in [-0.3, -0.25) is 0 Å². The van der Waals surface area contributed by atoms with Crippen LogP contribution < -0.4 is 5.32 Å². The van der Waals surface area contributed by atoms with Crippen LogP contribution in [0.5, 0.6) is 0 Å². The normalized spacial score (nSPS) is 11.6. The Hall–Kier alpha value is -0.110. The third-order valence-corrected chi connectivity index (χ3v) is 1.17. The summed E-state index contributed by atoms with van der Waals surface area (Å²) in [7, 11) is 1.89. The smallest absolute Gasteiger partial charge is 0.0163 e. The molecule has 42 valence electrons. The molecule has 0 spiro atoms. The Morgan fingerprint density at radius 3 is 2.43 bits per heavy atom. The van der Waals surface area contributed by atoms with E-state index in [-0.39, 0.29) is 0 Å². The zero-order valence-electron chi connectivity index (χ0n) is 4.73. The van der Waals surface area contributed by atoms with Crippen molar-refractivity contribution < 1.29 is 0 Å². The molecule has 0 atom stereocenters. The van der Waals surface area contributed by atoms with Gasteiger partial charge in [-0.15, -0.1) is 12.6 Å². The van der Waals surface area contributed by atoms with Crippen LogP contribution in [0.2, 0.25) is 0 Å². The maximum atomic E-state index is 3.95. The molecule has 0 aromatic heterocycles. The zero-order valence-corrected chi connectivity index (χ0v) is 5.63. The van der Waals surface area contributed by atoms with Gasteiger partial charge in [-0.2, -0.15) is 0 Å². The summed E-state index contributed by atoms with van der Waals surface area (Å²) in [5.74, 6) is 0. The fraction of sp³-hybridized carbons (Fsp3) is 0.600. The van der Waals surface area contributed by atoms with Crippen molar-refractivity contribution in [3.05, 3.63) is 11.1 Å². The second-order valence-corrected chi connectivity index (χ2v) is 1.52. The zero-order chi connectivity index (χ0) is 5.70. The Bertz CT molecular complexity index is 62.5. The van der Waals surface area contributed by atoms with Gasteiger partial charge in [-0.1, -0.05) is 6.92 Å². The third kappa shape index (κ3) is 2.57. The Morgan fingerprint density at radius 1 is 1.86 bits per heavy atom. The van der Waals surface area contributed by atoms with E-state index in [0.29, 0.717) is 0 Å². The highest BCUT2D eigenvalue weighted by Gasteiger charge is 1.80. The second kappa shape index (κ2) is 4.06. The SMILES string of the molecule is CC/C(=C/S)NC. The molecular weight excluding hydrogens is 106 g/mol. The number of hydrogen-bond acceptors (Lipinski definition) is 2. The number of nitrogens with one attached hydrogen (secondary N) is 1. The average molecular weight is 117 g/mol. The van der Waals surface area contributed by atoms with Gasteiger partial charge < -0.3 is 5.32 Å². The molecule has 0 rings (SSSR count). The predicted octanol–water partition coefficient (Wildman–Crippen LogP) is 1.39. The minimum atomic E-state index is 1.03. The lowest BCUT2D eigenvalue weighted by molar-refractivity contribution is 0.906. The van der Waals surface area contributed by atoms with Crippen LogP contribution in [0.25, 0.3) is 0 Å². The Balaban J connectivity index is 3.38. The molecule has 0 aromatic rings. The molecule has 0 aromatic carbocycles. The van der Waals surface area contributed by atoms with E-state index >= 15 is 0 Å². The molecule has 0 heterocycles. The van der Waals surface area contributed by atoms with Crippen LogP contribution in [0.4, 0.5) is 0 Å². The second-order valence-electron chi connectivity index (χ2n) is 1.26. The molecule has 0 aliphatic heterocycles. The van der Waals surface area contributed by atoms with E-state index in [1.807, 2.05) is 7.05 Å². The highest BCUT2D eigenvalue weighted by atomic mass is 32.1. The van der Waals surface area contributed by atoms with E-state index in [1.165, 1.54) is 5.70 Å². The van der Waals surface area contributed by atoms with Crippen molar-refractivity contribution in [2.45, 2.75) is 13.3 Å². The molecule has 1 nitrogen and oxygen atoms in total. The largest absolute Gasteiger partial charge is 0.391 e. The van der Waals surface area contributed by atoms with E-state index in [0.717, 1.165) is 6.42 Å². The number of allylic oxidation sites excluding steroid dienone is 1. The van der Waals surface area contributed by atoms with E-state index in [1.54, 1.807) is 5.41 Å². The standard InChI is InChI=1S/C5H11NS/c1-3-5(4-7)6-2/h4,6-7H,3H2,1-2H3/b5-4-. The molecule has 0 bridgehead atoms. The van der Waals surface area contributed by atoms with E-state index in [2.05, 4.69) is 24.9 Å². The van der Waals surface area contributed by atoms with E-state index in [4.69, 9.17) is 0 Å². The lowest BCUT2D eigenvalue weighted by Gasteiger charge is -1.97. The molecule has 0 unspecified atom stereocenters. The van der Waals surface area contributed by atoms with Crippen molar-refractivity contribution in [2.75, 3.05) is 7.05 Å². The molecule has 0 saturated carbocycles. The molecule has 0 radical (unpaired) electrons. The highest BCUT2D eigenvalue weighted by molar-refractivity contribution is 7.83. The molecule has 0 amide bonds. The van der Waals surface area contributed by atoms with Gasteiger partial charge in [-0.05, 0) is 11.8 Å². The van der Waals surface area contributed by atoms with Crippen molar-refractivity contribution >= 4 is 12.6 Å². The first-order valence-electron chi connectivity index (χ1n) is 2.36. The van der Waals surface area contributed by atoms with Gasteiger partial charge in [0.1, 0.15) is 0 Å². The molecule has 2 heteroatoms. The summed E-state index contributed by atoms with van der Waals surface area (Å²) in [6.45, 7) is 2.08. The third-order valence-electron chi connectivity index (χ3n) is 0.858. The maximum Gasteiger partial charge on any atom is 0.0163 e. The summed E-state index contributed by atoms with van der Waals surface area (Å²) >= 11 is 3.95. The van der Waals surface area contributed by atoms with Crippen LogP contribution in [0.15, 0.2) is 11.1 Å². The van der Waals surface area contributed by atoms with Crippen LogP contribution >= 0.6 is 12.6 Å². The molecule has 7 heavy (non-hydrogen) atoms.